The van der Waals surface area contributed by atoms with Crippen molar-refractivity contribution in [3.05, 3.63) is 65.7 Å². The molecule has 37 heavy (non-hydrogen) atoms. The molecule has 0 bridgehead atoms. The summed E-state index contributed by atoms with van der Waals surface area (Å²) in [6.07, 6.45) is -5.62. The number of piperazine rings is 1. The number of rotatable bonds is 8. The molecule has 2 aromatic rings. The van der Waals surface area contributed by atoms with Gasteiger partial charge in [0.2, 0.25) is 0 Å². The van der Waals surface area contributed by atoms with Gasteiger partial charge >= 0.3 is 6.18 Å². The summed E-state index contributed by atoms with van der Waals surface area (Å²) in [5, 5.41) is 47.2. The predicted molar refractivity (Wildman–Crippen MR) is 127 cm³/mol. The first-order valence-electron chi connectivity index (χ1n) is 11.0. The molecule has 1 aliphatic rings. The second kappa shape index (κ2) is 10.4. The van der Waals surface area contributed by atoms with Crippen molar-refractivity contribution in [1.29, 1.82) is 0 Å². The van der Waals surface area contributed by atoms with Gasteiger partial charge in [0.05, 0.1) is 32.5 Å². The highest BCUT2D eigenvalue weighted by atomic mass is 19.4. The van der Waals surface area contributed by atoms with Crippen LogP contribution >= 0.6 is 0 Å². The molecular weight excluding hydrogens is 505 g/mol. The van der Waals surface area contributed by atoms with Gasteiger partial charge in [0.15, 0.2) is 0 Å². The highest BCUT2D eigenvalue weighted by molar-refractivity contribution is 5.83. The number of benzene rings is 2. The topological polar surface area (TPSA) is 168 Å². The van der Waals surface area contributed by atoms with Gasteiger partial charge in [-0.3, -0.25) is 30.3 Å². The minimum atomic E-state index is -4.76. The Labute approximate surface area is 207 Å². The standard InChI is InChI=1S/C21H23F3N6O7/c1-12(31)11-25-19-13(2)20(18(30(36)37)10-17(19)29(34)35)27-7-5-26(6-8-27)15-4-3-14(21(22,23)24)9-16(15)28(32)33/h3-4,9-10,12,25,31H,5-8,11H2,1-2H3/t12-/m0/s1. The lowest BCUT2D eigenvalue weighted by Crippen LogP contribution is -2.47. The number of aliphatic hydroxyl groups is 1. The van der Waals surface area contributed by atoms with Crippen molar-refractivity contribution in [3.63, 3.8) is 0 Å². The summed E-state index contributed by atoms with van der Waals surface area (Å²) >= 11 is 0. The lowest BCUT2D eigenvalue weighted by molar-refractivity contribution is -0.393. The fraction of sp³-hybridized carbons (Fsp3) is 0.429. The minimum Gasteiger partial charge on any atom is -0.392 e. The van der Waals surface area contributed by atoms with E-state index in [1.165, 1.54) is 18.7 Å². The molecule has 200 valence electrons. The molecule has 0 unspecified atom stereocenters. The number of anilines is 3. The van der Waals surface area contributed by atoms with Crippen LogP contribution < -0.4 is 15.1 Å². The molecule has 1 saturated heterocycles. The molecule has 16 heteroatoms. The zero-order valence-corrected chi connectivity index (χ0v) is 19.7. The highest BCUT2D eigenvalue weighted by Gasteiger charge is 2.36. The third-order valence-corrected chi connectivity index (χ3v) is 5.91. The summed E-state index contributed by atoms with van der Waals surface area (Å²) in [5.74, 6) is 0. The van der Waals surface area contributed by atoms with E-state index in [9.17, 15) is 48.6 Å². The lowest BCUT2D eigenvalue weighted by Gasteiger charge is -2.37. The molecule has 0 spiro atoms. The van der Waals surface area contributed by atoms with Crippen molar-refractivity contribution in [3.8, 4) is 0 Å². The first-order chi connectivity index (χ1) is 17.2. The van der Waals surface area contributed by atoms with Crippen LogP contribution in [0.25, 0.3) is 0 Å². The van der Waals surface area contributed by atoms with E-state index in [2.05, 4.69) is 5.32 Å². The van der Waals surface area contributed by atoms with Crippen molar-refractivity contribution >= 4 is 34.1 Å². The van der Waals surface area contributed by atoms with Crippen molar-refractivity contribution in [1.82, 2.24) is 0 Å². The van der Waals surface area contributed by atoms with Crippen LogP contribution in [0.3, 0.4) is 0 Å². The molecule has 1 aliphatic heterocycles. The summed E-state index contributed by atoms with van der Waals surface area (Å²) in [5.41, 5.74) is -2.63. The fourth-order valence-electron chi connectivity index (χ4n) is 4.21. The summed E-state index contributed by atoms with van der Waals surface area (Å²) in [6, 6.07) is 3.07. The second-order valence-corrected chi connectivity index (χ2v) is 8.44. The molecule has 0 amide bonds. The maximum atomic E-state index is 13.0. The minimum absolute atomic E-state index is 0.00677. The molecule has 0 aromatic heterocycles. The molecule has 0 aliphatic carbocycles. The first-order valence-corrected chi connectivity index (χ1v) is 11.0. The number of nitrogens with zero attached hydrogens (tertiary/aromatic N) is 5. The summed E-state index contributed by atoms with van der Waals surface area (Å²) in [7, 11) is 0. The van der Waals surface area contributed by atoms with Crippen molar-refractivity contribution in [2.45, 2.75) is 26.1 Å². The van der Waals surface area contributed by atoms with Gasteiger partial charge < -0.3 is 20.2 Å². The van der Waals surface area contributed by atoms with Crippen LogP contribution in [0.1, 0.15) is 18.1 Å². The van der Waals surface area contributed by atoms with E-state index in [0.29, 0.717) is 6.07 Å². The maximum absolute atomic E-state index is 13.0. The summed E-state index contributed by atoms with van der Waals surface area (Å²) < 4.78 is 39.1. The summed E-state index contributed by atoms with van der Waals surface area (Å²) in [6.45, 7) is 3.21. The van der Waals surface area contributed by atoms with E-state index in [-0.39, 0.29) is 55.3 Å². The Bertz CT molecular complexity index is 1230. The third-order valence-electron chi connectivity index (χ3n) is 5.91. The van der Waals surface area contributed by atoms with E-state index < -0.39 is 49.7 Å². The normalized spacial score (nSPS) is 14.9. The number of nitro groups is 3. The van der Waals surface area contributed by atoms with Gasteiger partial charge in [0.1, 0.15) is 17.1 Å². The smallest absolute Gasteiger partial charge is 0.392 e. The molecule has 1 fully saturated rings. The summed E-state index contributed by atoms with van der Waals surface area (Å²) in [4.78, 5) is 35.6. The molecule has 1 heterocycles. The molecule has 0 radical (unpaired) electrons. The van der Waals surface area contributed by atoms with Crippen LogP contribution in [0.2, 0.25) is 0 Å². The Morgan fingerprint density at radius 1 is 0.946 bits per heavy atom. The number of hydrogen-bond acceptors (Lipinski definition) is 10. The van der Waals surface area contributed by atoms with Gasteiger partial charge in [-0.15, -0.1) is 0 Å². The molecular formula is C21H23F3N6O7. The van der Waals surface area contributed by atoms with Crippen LogP contribution in [-0.4, -0.2) is 58.7 Å². The van der Waals surface area contributed by atoms with E-state index in [4.69, 9.17) is 0 Å². The molecule has 1 atom stereocenters. The Morgan fingerprint density at radius 3 is 1.97 bits per heavy atom. The van der Waals surface area contributed by atoms with Gasteiger partial charge in [-0.05, 0) is 26.0 Å². The number of aliphatic hydroxyl groups excluding tert-OH is 1. The van der Waals surface area contributed by atoms with E-state index >= 15 is 0 Å². The first kappa shape index (κ1) is 27.4. The average molecular weight is 528 g/mol. The zero-order valence-electron chi connectivity index (χ0n) is 19.7. The monoisotopic (exact) mass is 528 g/mol. The lowest BCUT2D eigenvalue weighted by atomic mass is 10.0. The molecule has 2 N–H and O–H groups in total. The predicted octanol–water partition coefficient (Wildman–Crippen LogP) is 3.86. The Kier molecular flexibility index (Phi) is 7.71. The van der Waals surface area contributed by atoms with Gasteiger partial charge in [-0.25, -0.2) is 0 Å². The van der Waals surface area contributed by atoms with Crippen LogP contribution in [0, 0.1) is 37.3 Å². The number of halogens is 3. The van der Waals surface area contributed by atoms with E-state index in [1.54, 1.807) is 4.90 Å². The number of hydrogen-bond donors (Lipinski definition) is 2. The average Bonchev–Trinajstić information content (AvgIpc) is 2.81. The van der Waals surface area contributed by atoms with Gasteiger partial charge in [-0.1, -0.05) is 0 Å². The third kappa shape index (κ3) is 5.79. The Hall–Kier alpha value is -4.21. The largest absolute Gasteiger partial charge is 0.416 e. The number of nitro benzene ring substituents is 3. The van der Waals surface area contributed by atoms with Crippen LogP contribution in [-0.2, 0) is 6.18 Å². The SMILES string of the molecule is Cc1c(NC[C@H](C)O)c([N+](=O)[O-])cc([N+](=O)[O-])c1N1CCN(c2ccc(C(F)(F)F)cc2[N+](=O)[O-])CC1. The number of nitrogens with one attached hydrogen (secondary N) is 1. The molecule has 2 aromatic carbocycles. The zero-order chi connectivity index (χ0) is 27.7. The molecule has 13 nitrogen and oxygen atoms in total. The number of alkyl halides is 3. The van der Waals surface area contributed by atoms with Crippen LogP contribution in [0.5, 0.6) is 0 Å². The van der Waals surface area contributed by atoms with Gasteiger partial charge in [-0.2, -0.15) is 13.2 Å². The van der Waals surface area contributed by atoms with Crippen LogP contribution in [0.4, 0.5) is 47.3 Å². The van der Waals surface area contributed by atoms with Gasteiger partial charge in [0, 0.05) is 44.4 Å². The molecule has 0 saturated carbocycles. The van der Waals surface area contributed by atoms with Crippen molar-refractivity contribution in [2.75, 3.05) is 47.8 Å². The van der Waals surface area contributed by atoms with E-state index in [1.807, 2.05) is 0 Å². The fourth-order valence-corrected chi connectivity index (χ4v) is 4.21. The van der Waals surface area contributed by atoms with Crippen molar-refractivity contribution in [2.24, 2.45) is 0 Å². The quantitative estimate of drug-likeness (QED) is 0.379. The van der Waals surface area contributed by atoms with Crippen molar-refractivity contribution < 1.29 is 33.0 Å². The molecule has 3 rings (SSSR count). The second-order valence-electron chi connectivity index (χ2n) is 8.44. The maximum Gasteiger partial charge on any atom is 0.416 e. The highest BCUT2D eigenvalue weighted by Crippen LogP contribution is 2.43. The Morgan fingerprint density at radius 2 is 1.49 bits per heavy atom. The van der Waals surface area contributed by atoms with E-state index in [0.717, 1.165) is 18.2 Å². The van der Waals surface area contributed by atoms with Gasteiger partial charge in [0.25, 0.3) is 17.1 Å². The Balaban J connectivity index is 1.96. The van der Waals surface area contributed by atoms with Crippen LogP contribution in [0.15, 0.2) is 24.3 Å².